The third kappa shape index (κ3) is 3.93. The number of hydrogen-bond acceptors (Lipinski definition) is 5. The number of imidazole rings is 1. The number of sulfonamides is 1. The van der Waals surface area contributed by atoms with E-state index < -0.39 is 10.0 Å². The number of nitrogens with zero attached hydrogens (tertiary/aromatic N) is 4. The number of aryl methyl sites for hydroxylation is 1. The van der Waals surface area contributed by atoms with Crippen molar-refractivity contribution in [1.82, 2.24) is 24.1 Å². The summed E-state index contributed by atoms with van der Waals surface area (Å²) in [4.78, 5) is 6.98. The Morgan fingerprint density at radius 1 is 1.39 bits per heavy atom. The summed E-state index contributed by atoms with van der Waals surface area (Å²) in [5.41, 5.74) is 0. The Bertz CT molecular complexity index is 630. The van der Waals surface area contributed by atoms with Crippen molar-refractivity contribution in [3.63, 3.8) is 0 Å². The molecule has 3 heterocycles. The Kier molecular flexibility index (Phi) is 5.05. The molecule has 2 saturated heterocycles. The number of nitrogens with one attached hydrogen (secondary N) is 1. The summed E-state index contributed by atoms with van der Waals surface area (Å²) in [5.74, 6) is 1.48. The van der Waals surface area contributed by atoms with Gasteiger partial charge in [0.2, 0.25) is 10.0 Å². The normalized spacial score (nSPS) is 28.1. The number of rotatable bonds is 4. The molecule has 2 aliphatic heterocycles. The van der Waals surface area contributed by atoms with Gasteiger partial charge in [0.25, 0.3) is 0 Å². The number of aromatic nitrogens is 2. The lowest BCUT2D eigenvalue weighted by Crippen LogP contribution is -2.50. The van der Waals surface area contributed by atoms with Crippen LogP contribution in [0, 0.1) is 5.92 Å². The molecule has 8 heteroatoms. The average molecular weight is 341 g/mol. The first-order chi connectivity index (χ1) is 10.9. The van der Waals surface area contributed by atoms with Crippen LogP contribution in [0.1, 0.15) is 24.7 Å². The first-order valence-corrected chi connectivity index (χ1v) is 10.2. The quantitative estimate of drug-likeness (QED) is 0.837. The van der Waals surface area contributed by atoms with Crippen molar-refractivity contribution >= 4 is 10.0 Å². The molecule has 2 aliphatic rings. The molecule has 1 aromatic heterocycles. The van der Waals surface area contributed by atoms with E-state index >= 15 is 0 Å². The molecule has 0 aliphatic carbocycles. The molecule has 1 aromatic rings. The fourth-order valence-corrected chi connectivity index (χ4v) is 4.67. The molecule has 0 aromatic carbocycles. The minimum Gasteiger partial charge on any atom is -0.337 e. The van der Waals surface area contributed by atoms with Crippen molar-refractivity contribution in [2.24, 2.45) is 13.0 Å². The van der Waals surface area contributed by atoms with Crippen LogP contribution in [0.5, 0.6) is 0 Å². The summed E-state index contributed by atoms with van der Waals surface area (Å²) < 4.78 is 27.3. The van der Waals surface area contributed by atoms with Crippen molar-refractivity contribution in [2.75, 3.05) is 45.5 Å². The van der Waals surface area contributed by atoms with Gasteiger partial charge in [-0.1, -0.05) is 0 Å². The van der Waals surface area contributed by atoms with Crippen LogP contribution in [-0.2, 0) is 17.1 Å². The predicted octanol–water partition coefficient (Wildman–Crippen LogP) is 0.0380. The van der Waals surface area contributed by atoms with Gasteiger partial charge in [-0.2, -0.15) is 0 Å². The first-order valence-electron chi connectivity index (χ1n) is 8.32. The molecule has 0 saturated carbocycles. The standard InChI is InChI=1S/C15H27N5O2S/c1-18-8-6-17-15(18)14-10-16-5-9-19(14)11-13-4-3-7-20(12-13)23(2,21)22/h6,8,13-14,16H,3-5,7,9-12H2,1-2H3. The summed E-state index contributed by atoms with van der Waals surface area (Å²) >= 11 is 0. The Hall–Kier alpha value is -0.960. The maximum Gasteiger partial charge on any atom is 0.211 e. The van der Waals surface area contributed by atoms with Gasteiger partial charge >= 0.3 is 0 Å². The van der Waals surface area contributed by atoms with E-state index in [2.05, 4.69) is 19.8 Å². The minimum atomic E-state index is -3.08. The van der Waals surface area contributed by atoms with E-state index in [0.717, 1.165) is 44.8 Å². The highest BCUT2D eigenvalue weighted by atomic mass is 32.2. The Morgan fingerprint density at radius 2 is 2.22 bits per heavy atom. The average Bonchev–Trinajstić information content (AvgIpc) is 2.93. The zero-order valence-electron chi connectivity index (χ0n) is 14.0. The summed E-state index contributed by atoms with van der Waals surface area (Å²) in [6, 6.07) is 0.261. The SMILES string of the molecule is Cn1ccnc1C1CNCCN1CC1CCCN(S(C)(=O)=O)C1. The van der Waals surface area contributed by atoms with E-state index in [9.17, 15) is 8.42 Å². The van der Waals surface area contributed by atoms with Crippen LogP contribution in [-0.4, -0.2) is 72.7 Å². The highest BCUT2D eigenvalue weighted by Gasteiger charge is 2.32. The van der Waals surface area contributed by atoms with Gasteiger partial charge in [0.1, 0.15) is 5.82 Å². The van der Waals surface area contributed by atoms with Gasteiger partial charge in [0.15, 0.2) is 0 Å². The third-order valence-electron chi connectivity index (χ3n) is 4.95. The lowest BCUT2D eigenvalue weighted by Gasteiger charge is -2.40. The first kappa shape index (κ1) is 16.9. The van der Waals surface area contributed by atoms with E-state index in [1.165, 1.54) is 6.26 Å². The zero-order chi connectivity index (χ0) is 16.4. The van der Waals surface area contributed by atoms with E-state index in [0.29, 0.717) is 19.0 Å². The molecule has 3 rings (SSSR count). The largest absolute Gasteiger partial charge is 0.337 e. The van der Waals surface area contributed by atoms with E-state index in [4.69, 9.17) is 0 Å². The van der Waals surface area contributed by atoms with Gasteiger partial charge < -0.3 is 9.88 Å². The molecule has 0 amide bonds. The van der Waals surface area contributed by atoms with Gasteiger partial charge in [-0.25, -0.2) is 17.7 Å². The highest BCUT2D eigenvalue weighted by molar-refractivity contribution is 7.88. The molecule has 2 unspecified atom stereocenters. The Labute approximate surface area is 138 Å². The summed E-state index contributed by atoms with van der Waals surface area (Å²) in [7, 11) is -1.05. The van der Waals surface area contributed by atoms with Gasteiger partial charge in [-0.3, -0.25) is 4.90 Å². The lowest BCUT2D eigenvalue weighted by molar-refractivity contribution is 0.109. The van der Waals surface area contributed by atoms with Gasteiger partial charge in [-0.15, -0.1) is 0 Å². The second kappa shape index (κ2) is 6.88. The van der Waals surface area contributed by atoms with Crippen molar-refractivity contribution < 1.29 is 8.42 Å². The molecule has 2 fully saturated rings. The fraction of sp³-hybridized carbons (Fsp3) is 0.800. The van der Waals surface area contributed by atoms with Gasteiger partial charge in [0, 0.05) is 58.7 Å². The summed E-state index contributed by atoms with van der Waals surface area (Å²) in [6.45, 7) is 5.10. The molecule has 23 heavy (non-hydrogen) atoms. The molecule has 0 spiro atoms. The van der Waals surface area contributed by atoms with Crippen molar-refractivity contribution in [1.29, 1.82) is 0 Å². The van der Waals surface area contributed by atoms with Crippen LogP contribution in [0.2, 0.25) is 0 Å². The third-order valence-corrected chi connectivity index (χ3v) is 6.22. The Morgan fingerprint density at radius 3 is 2.91 bits per heavy atom. The second-order valence-electron chi connectivity index (χ2n) is 6.74. The van der Waals surface area contributed by atoms with Crippen LogP contribution in [0.15, 0.2) is 12.4 Å². The van der Waals surface area contributed by atoms with Gasteiger partial charge in [0.05, 0.1) is 12.3 Å². The monoisotopic (exact) mass is 341 g/mol. The van der Waals surface area contributed by atoms with Crippen molar-refractivity contribution in [2.45, 2.75) is 18.9 Å². The fourth-order valence-electron chi connectivity index (χ4n) is 3.73. The lowest BCUT2D eigenvalue weighted by atomic mass is 9.97. The minimum absolute atomic E-state index is 0.261. The van der Waals surface area contributed by atoms with Crippen LogP contribution >= 0.6 is 0 Å². The number of piperidine rings is 1. The maximum atomic E-state index is 11.8. The van der Waals surface area contributed by atoms with Gasteiger partial charge in [-0.05, 0) is 18.8 Å². The van der Waals surface area contributed by atoms with Crippen LogP contribution < -0.4 is 5.32 Å². The molecular formula is C15H27N5O2S. The topological polar surface area (TPSA) is 70.5 Å². The predicted molar refractivity (Wildman–Crippen MR) is 89.5 cm³/mol. The molecule has 2 atom stereocenters. The highest BCUT2D eigenvalue weighted by Crippen LogP contribution is 2.25. The molecule has 0 radical (unpaired) electrons. The zero-order valence-corrected chi connectivity index (χ0v) is 14.8. The van der Waals surface area contributed by atoms with Crippen LogP contribution in [0.25, 0.3) is 0 Å². The molecule has 130 valence electrons. The number of piperazine rings is 1. The smallest absolute Gasteiger partial charge is 0.211 e. The second-order valence-corrected chi connectivity index (χ2v) is 8.72. The van der Waals surface area contributed by atoms with E-state index in [1.54, 1.807) is 4.31 Å². The van der Waals surface area contributed by atoms with Crippen LogP contribution in [0.3, 0.4) is 0 Å². The molecule has 7 nitrogen and oxygen atoms in total. The number of hydrogen-bond donors (Lipinski definition) is 1. The van der Waals surface area contributed by atoms with E-state index in [-0.39, 0.29) is 6.04 Å². The molecule has 1 N–H and O–H groups in total. The maximum absolute atomic E-state index is 11.8. The molecule has 0 bridgehead atoms. The molecular weight excluding hydrogens is 314 g/mol. The van der Waals surface area contributed by atoms with E-state index in [1.807, 2.05) is 19.4 Å². The van der Waals surface area contributed by atoms with Crippen molar-refractivity contribution in [3.05, 3.63) is 18.2 Å². The summed E-state index contributed by atoms with van der Waals surface area (Å²) in [6.07, 6.45) is 7.19. The Balaban J connectivity index is 1.69. The summed E-state index contributed by atoms with van der Waals surface area (Å²) in [5, 5.41) is 3.45. The van der Waals surface area contributed by atoms with Crippen LogP contribution in [0.4, 0.5) is 0 Å². The van der Waals surface area contributed by atoms with Crippen molar-refractivity contribution in [3.8, 4) is 0 Å².